The van der Waals surface area contributed by atoms with Crippen molar-refractivity contribution in [3.05, 3.63) is 72.9 Å². The predicted molar refractivity (Wildman–Crippen MR) is 101 cm³/mol. The number of benzene rings is 2. The summed E-state index contributed by atoms with van der Waals surface area (Å²) < 4.78 is 30.0. The van der Waals surface area contributed by atoms with Crippen molar-refractivity contribution < 1.29 is 8.42 Å². The van der Waals surface area contributed by atoms with E-state index in [0.29, 0.717) is 17.0 Å². The van der Waals surface area contributed by atoms with E-state index in [2.05, 4.69) is 14.8 Å². The van der Waals surface area contributed by atoms with E-state index in [1.807, 2.05) is 42.5 Å². The highest BCUT2D eigenvalue weighted by atomic mass is 32.2. The smallest absolute Gasteiger partial charge is 0.263 e. The Hall–Kier alpha value is -3.19. The van der Waals surface area contributed by atoms with E-state index in [4.69, 9.17) is 0 Å². The third kappa shape index (κ3) is 2.93. The minimum Gasteiger partial charge on any atom is -0.263 e. The first-order valence-electron chi connectivity index (χ1n) is 8.01. The number of nitrogens with zero attached hydrogens (tertiary/aromatic N) is 3. The van der Waals surface area contributed by atoms with E-state index in [1.165, 1.54) is 4.68 Å². The van der Waals surface area contributed by atoms with Crippen LogP contribution in [0.1, 0.15) is 0 Å². The number of sulfonamides is 1. The van der Waals surface area contributed by atoms with Crippen LogP contribution in [0.3, 0.4) is 0 Å². The van der Waals surface area contributed by atoms with Gasteiger partial charge in [-0.1, -0.05) is 48.5 Å². The summed E-state index contributed by atoms with van der Waals surface area (Å²) in [5.41, 5.74) is 2.05. The van der Waals surface area contributed by atoms with Gasteiger partial charge in [0.15, 0.2) is 0 Å². The van der Waals surface area contributed by atoms with Crippen molar-refractivity contribution in [2.75, 3.05) is 4.72 Å². The number of pyridine rings is 1. The van der Waals surface area contributed by atoms with Crippen LogP contribution < -0.4 is 4.72 Å². The summed E-state index contributed by atoms with van der Waals surface area (Å²) in [6.45, 7) is 0. The van der Waals surface area contributed by atoms with Crippen LogP contribution >= 0.6 is 0 Å². The molecule has 1 N–H and O–H groups in total. The molecule has 0 aliphatic heterocycles. The lowest BCUT2D eigenvalue weighted by molar-refractivity contribution is 0.601. The SMILES string of the molecule is Cn1nc(-c2ccccc2)cc1NS(=O)(=O)c1cccc2cccnc12. The number of aryl methyl sites for hydroxylation is 1. The van der Waals surface area contributed by atoms with Crippen LogP contribution in [0.5, 0.6) is 0 Å². The van der Waals surface area contributed by atoms with Crippen LogP contribution in [0, 0.1) is 0 Å². The van der Waals surface area contributed by atoms with Gasteiger partial charge in [0.1, 0.15) is 10.7 Å². The first-order chi connectivity index (χ1) is 12.5. The fourth-order valence-electron chi connectivity index (χ4n) is 2.80. The van der Waals surface area contributed by atoms with E-state index in [-0.39, 0.29) is 4.90 Å². The molecule has 2 aromatic carbocycles. The molecule has 0 amide bonds. The molecule has 0 aliphatic rings. The average Bonchev–Trinajstić information content (AvgIpc) is 3.02. The van der Waals surface area contributed by atoms with E-state index in [0.717, 1.165) is 10.9 Å². The predicted octanol–water partition coefficient (Wildman–Crippen LogP) is 3.44. The first kappa shape index (κ1) is 16.3. The molecule has 0 atom stereocenters. The first-order valence-corrected chi connectivity index (χ1v) is 9.49. The topological polar surface area (TPSA) is 76.9 Å². The van der Waals surface area contributed by atoms with Crippen LogP contribution in [-0.2, 0) is 17.1 Å². The number of aromatic nitrogens is 3. The summed E-state index contributed by atoms with van der Waals surface area (Å²) in [5.74, 6) is 0.386. The highest BCUT2D eigenvalue weighted by Crippen LogP contribution is 2.25. The lowest BCUT2D eigenvalue weighted by atomic mass is 10.2. The van der Waals surface area contributed by atoms with Crippen molar-refractivity contribution >= 4 is 26.7 Å². The Morgan fingerprint density at radius 1 is 0.962 bits per heavy atom. The minimum absolute atomic E-state index is 0.137. The standard InChI is InChI=1S/C19H16N4O2S/c1-23-18(13-16(21-23)14-7-3-2-4-8-14)22-26(24,25)17-11-5-9-15-10-6-12-20-19(15)17/h2-13,22H,1H3. The zero-order valence-corrected chi connectivity index (χ0v) is 14.8. The lowest BCUT2D eigenvalue weighted by Crippen LogP contribution is -2.16. The van der Waals surface area contributed by atoms with Gasteiger partial charge in [-0.15, -0.1) is 0 Å². The quantitative estimate of drug-likeness (QED) is 0.602. The normalized spacial score (nSPS) is 11.6. The van der Waals surface area contributed by atoms with Gasteiger partial charge in [0.25, 0.3) is 10.0 Å². The number of hydrogen-bond acceptors (Lipinski definition) is 4. The van der Waals surface area contributed by atoms with Crippen LogP contribution in [0.25, 0.3) is 22.2 Å². The molecule has 4 aromatic rings. The summed E-state index contributed by atoms with van der Waals surface area (Å²) >= 11 is 0. The van der Waals surface area contributed by atoms with Crippen LogP contribution in [0.4, 0.5) is 5.82 Å². The Bertz CT molecular complexity index is 1180. The Balaban J connectivity index is 1.74. The molecule has 7 heteroatoms. The third-order valence-corrected chi connectivity index (χ3v) is 5.46. The van der Waals surface area contributed by atoms with E-state index in [1.54, 1.807) is 37.5 Å². The second-order valence-corrected chi connectivity index (χ2v) is 7.49. The number of fused-ring (bicyclic) bond motifs is 1. The number of hydrogen-bond donors (Lipinski definition) is 1. The van der Waals surface area contributed by atoms with Crippen molar-refractivity contribution in [3.63, 3.8) is 0 Å². The molecule has 0 fully saturated rings. The minimum atomic E-state index is -3.80. The van der Waals surface area contributed by atoms with E-state index in [9.17, 15) is 8.42 Å². The van der Waals surface area contributed by atoms with Gasteiger partial charge in [0.05, 0.1) is 11.2 Å². The Kier molecular flexibility index (Phi) is 3.93. The molecular weight excluding hydrogens is 348 g/mol. The summed E-state index contributed by atoms with van der Waals surface area (Å²) in [6, 6.07) is 20.0. The molecule has 4 rings (SSSR count). The van der Waals surface area contributed by atoms with Gasteiger partial charge in [-0.05, 0) is 12.1 Å². The molecular formula is C19H16N4O2S. The van der Waals surface area contributed by atoms with Gasteiger partial charge in [0.2, 0.25) is 0 Å². The molecule has 0 saturated carbocycles. The maximum Gasteiger partial charge on any atom is 0.265 e. The van der Waals surface area contributed by atoms with Gasteiger partial charge < -0.3 is 0 Å². The number of nitrogens with one attached hydrogen (secondary N) is 1. The average molecular weight is 364 g/mol. The molecule has 26 heavy (non-hydrogen) atoms. The zero-order chi connectivity index (χ0) is 18.1. The zero-order valence-electron chi connectivity index (χ0n) is 14.0. The summed E-state index contributed by atoms with van der Waals surface area (Å²) in [5, 5.41) is 5.16. The van der Waals surface area contributed by atoms with E-state index < -0.39 is 10.0 Å². The number of anilines is 1. The van der Waals surface area contributed by atoms with Crippen LogP contribution in [-0.4, -0.2) is 23.2 Å². The van der Waals surface area contributed by atoms with Gasteiger partial charge in [-0.25, -0.2) is 8.42 Å². The largest absolute Gasteiger partial charge is 0.265 e. The molecule has 0 radical (unpaired) electrons. The van der Waals surface area contributed by atoms with Crippen molar-refractivity contribution in [1.82, 2.24) is 14.8 Å². The molecule has 2 heterocycles. The third-order valence-electron chi connectivity index (χ3n) is 4.07. The Labute approximate surface area is 151 Å². The molecule has 2 aromatic heterocycles. The maximum atomic E-state index is 12.9. The van der Waals surface area contributed by atoms with Crippen molar-refractivity contribution in [1.29, 1.82) is 0 Å². The summed E-state index contributed by atoms with van der Waals surface area (Å²) in [6.07, 6.45) is 1.58. The lowest BCUT2D eigenvalue weighted by Gasteiger charge is -2.09. The Morgan fingerprint density at radius 3 is 2.54 bits per heavy atom. The maximum absolute atomic E-state index is 12.9. The second-order valence-electron chi connectivity index (χ2n) is 5.84. The highest BCUT2D eigenvalue weighted by Gasteiger charge is 2.20. The van der Waals surface area contributed by atoms with Crippen molar-refractivity contribution in [2.45, 2.75) is 4.90 Å². The van der Waals surface area contributed by atoms with Gasteiger partial charge >= 0.3 is 0 Å². The fourth-order valence-corrected chi connectivity index (χ4v) is 4.06. The van der Waals surface area contributed by atoms with Crippen LogP contribution in [0.15, 0.2) is 77.8 Å². The number of para-hydroxylation sites is 1. The molecule has 130 valence electrons. The molecule has 0 unspecified atom stereocenters. The highest BCUT2D eigenvalue weighted by molar-refractivity contribution is 7.93. The van der Waals surface area contributed by atoms with E-state index >= 15 is 0 Å². The van der Waals surface area contributed by atoms with Crippen molar-refractivity contribution in [2.24, 2.45) is 7.05 Å². The van der Waals surface area contributed by atoms with Gasteiger partial charge in [-0.3, -0.25) is 14.4 Å². The summed E-state index contributed by atoms with van der Waals surface area (Å²) in [4.78, 5) is 4.36. The molecule has 0 saturated heterocycles. The fraction of sp³-hybridized carbons (Fsp3) is 0.0526. The van der Waals surface area contributed by atoms with Crippen molar-refractivity contribution in [3.8, 4) is 11.3 Å². The summed E-state index contributed by atoms with van der Waals surface area (Å²) in [7, 11) is -2.10. The molecule has 0 spiro atoms. The monoisotopic (exact) mass is 364 g/mol. The van der Waals surface area contributed by atoms with Crippen LogP contribution in [0.2, 0.25) is 0 Å². The molecule has 0 aliphatic carbocycles. The second kappa shape index (κ2) is 6.27. The van der Waals surface area contributed by atoms with Gasteiger partial charge in [-0.2, -0.15) is 5.10 Å². The Morgan fingerprint density at radius 2 is 1.73 bits per heavy atom. The molecule has 6 nitrogen and oxygen atoms in total. The van der Waals surface area contributed by atoms with Gasteiger partial charge in [0, 0.05) is 30.3 Å². The number of rotatable bonds is 4. The molecule has 0 bridgehead atoms.